The fourth-order valence-corrected chi connectivity index (χ4v) is 3.56. The molecule has 3 nitrogen and oxygen atoms in total. The zero-order valence-corrected chi connectivity index (χ0v) is 13.0. The molecule has 19 heavy (non-hydrogen) atoms. The largest absolute Gasteiger partial charge is 0.354 e. The molecule has 0 aliphatic carbocycles. The summed E-state index contributed by atoms with van der Waals surface area (Å²) >= 11 is 0. The Labute approximate surface area is 116 Å². The van der Waals surface area contributed by atoms with Crippen LogP contribution in [0, 0.1) is 5.92 Å². The molecule has 0 spiro atoms. The van der Waals surface area contributed by atoms with E-state index in [0.29, 0.717) is 13.2 Å². The zero-order chi connectivity index (χ0) is 14.3. The molecule has 4 heteroatoms. The van der Waals surface area contributed by atoms with Gasteiger partial charge in [0.1, 0.15) is 0 Å². The summed E-state index contributed by atoms with van der Waals surface area (Å²) in [7, 11) is -3.16. The molecule has 0 bridgehead atoms. The third-order valence-electron chi connectivity index (χ3n) is 2.64. The van der Waals surface area contributed by atoms with Crippen LogP contribution in [0.2, 0.25) is 0 Å². The van der Waals surface area contributed by atoms with E-state index in [1.54, 1.807) is 5.82 Å². The highest BCUT2D eigenvalue weighted by Gasteiger charge is 2.22. The molecule has 0 aliphatic rings. The van der Waals surface area contributed by atoms with E-state index in [0.717, 1.165) is 11.1 Å². The second-order valence-electron chi connectivity index (χ2n) is 4.48. The van der Waals surface area contributed by atoms with Crippen molar-refractivity contribution in [1.29, 1.82) is 0 Å². The van der Waals surface area contributed by atoms with Crippen molar-refractivity contribution in [3.63, 3.8) is 0 Å². The van der Waals surface area contributed by atoms with Gasteiger partial charge in [-0.2, -0.15) is 0 Å². The van der Waals surface area contributed by atoms with Crippen LogP contribution in [-0.4, -0.2) is 13.2 Å². The molecule has 1 aromatic rings. The van der Waals surface area contributed by atoms with Crippen molar-refractivity contribution in [3.8, 4) is 0 Å². The SMILES string of the molecule is CCOP(=O)(/C=C(\c1ccccc1)C(C)C)OCC. The lowest BCUT2D eigenvalue weighted by atomic mass is 9.97. The molecule has 106 valence electrons. The second-order valence-corrected chi connectivity index (χ2v) is 6.33. The normalized spacial score (nSPS) is 13.0. The molecule has 1 aromatic carbocycles. The van der Waals surface area contributed by atoms with Gasteiger partial charge in [0.15, 0.2) is 0 Å². The summed E-state index contributed by atoms with van der Waals surface area (Å²) in [5.41, 5.74) is 2.04. The number of hydrogen-bond acceptors (Lipinski definition) is 3. The predicted molar refractivity (Wildman–Crippen MR) is 80.1 cm³/mol. The number of allylic oxidation sites excluding steroid dienone is 1. The van der Waals surface area contributed by atoms with E-state index >= 15 is 0 Å². The third-order valence-corrected chi connectivity index (χ3v) is 4.47. The first-order valence-corrected chi connectivity index (χ1v) is 8.30. The van der Waals surface area contributed by atoms with Crippen LogP contribution < -0.4 is 0 Å². The zero-order valence-electron chi connectivity index (χ0n) is 12.1. The van der Waals surface area contributed by atoms with Crippen LogP contribution in [0.3, 0.4) is 0 Å². The van der Waals surface area contributed by atoms with Crippen molar-refractivity contribution in [2.45, 2.75) is 27.7 Å². The lowest BCUT2D eigenvalue weighted by molar-refractivity contribution is 0.229. The van der Waals surface area contributed by atoms with Gasteiger partial charge < -0.3 is 9.05 Å². The maximum absolute atomic E-state index is 12.6. The van der Waals surface area contributed by atoms with Gasteiger partial charge in [-0.15, -0.1) is 0 Å². The third kappa shape index (κ3) is 4.94. The molecular weight excluding hydrogens is 259 g/mol. The summed E-state index contributed by atoms with van der Waals surface area (Å²) in [4.78, 5) is 0. The number of benzene rings is 1. The first-order valence-electron chi connectivity index (χ1n) is 6.69. The quantitative estimate of drug-likeness (QED) is 0.664. The molecule has 0 aromatic heterocycles. The van der Waals surface area contributed by atoms with Crippen molar-refractivity contribution < 1.29 is 13.6 Å². The van der Waals surface area contributed by atoms with E-state index in [9.17, 15) is 4.57 Å². The van der Waals surface area contributed by atoms with E-state index in [4.69, 9.17) is 9.05 Å². The van der Waals surface area contributed by atoms with E-state index in [1.165, 1.54) is 0 Å². The summed E-state index contributed by atoms with van der Waals surface area (Å²) in [6, 6.07) is 9.92. The van der Waals surface area contributed by atoms with Gasteiger partial charge in [0, 0.05) is 5.82 Å². The Morgan fingerprint density at radius 3 is 2.11 bits per heavy atom. The lowest BCUT2D eigenvalue weighted by Gasteiger charge is -2.18. The molecule has 0 saturated carbocycles. The maximum Gasteiger partial charge on any atom is 0.354 e. The van der Waals surface area contributed by atoms with E-state index in [2.05, 4.69) is 13.8 Å². The molecule has 0 amide bonds. The van der Waals surface area contributed by atoms with Gasteiger partial charge >= 0.3 is 7.60 Å². The first kappa shape index (κ1) is 16.2. The lowest BCUT2D eigenvalue weighted by Crippen LogP contribution is -1.98. The molecule has 0 heterocycles. The number of hydrogen-bond donors (Lipinski definition) is 0. The molecule has 0 radical (unpaired) electrons. The molecule has 1 rings (SSSR count). The van der Waals surface area contributed by atoms with E-state index in [1.807, 2.05) is 44.2 Å². The molecule has 0 N–H and O–H groups in total. The summed E-state index contributed by atoms with van der Waals surface area (Å²) in [5, 5.41) is 0. The Morgan fingerprint density at radius 1 is 1.16 bits per heavy atom. The van der Waals surface area contributed by atoms with Crippen LogP contribution >= 0.6 is 7.60 Å². The Balaban J connectivity index is 3.17. The summed E-state index contributed by atoms with van der Waals surface area (Å²) in [5.74, 6) is 1.91. The maximum atomic E-state index is 12.6. The highest BCUT2D eigenvalue weighted by Crippen LogP contribution is 2.52. The monoisotopic (exact) mass is 282 g/mol. The van der Waals surface area contributed by atoms with Gasteiger partial charge in [-0.25, -0.2) is 0 Å². The fraction of sp³-hybridized carbons (Fsp3) is 0.467. The van der Waals surface area contributed by atoms with Gasteiger partial charge in [-0.1, -0.05) is 44.2 Å². The summed E-state index contributed by atoms with van der Waals surface area (Å²) < 4.78 is 23.2. The van der Waals surface area contributed by atoms with Crippen LogP contribution in [-0.2, 0) is 13.6 Å². The average Bonchev–Trinajstić information content (AvgIpc) is 2.37. The van der Waals surface area contributed by atoms with Crippen LogP contribution in [0.4, 0.5) is 0 Å². The summed E-state index contributed by atoms with van der Waals surface area (Å²) in [6.07, 6.45) is 0. The van der Waals surface area contributed by atoms with Gasteiger partial charge in [0.25, 0.3) is 0 Å². The molecule has 0 atom stereocenters. The highest BCUT2D eigenvalue weighted by molar-refractivity contribution is 7.57. The first-order chi connectivity index (χ1) is 9.02. The van der Waals surface area contributed by atoms with Crippen molar-refractivity contribution >= 4 is 13.2 Å². The highest BCUT2D eigenvalue weighted by atomic mass is 31.2. The Bertz CT molecular complexity index is 442. The van der Waals surface area contributed by atoms with Crippen molar-refractivity contribution in [3.05, 3.63) is 41.7 Å². The molecule has 0 saturated heterocycles. The van der Waals surface area contributed by atoms with Gasteiger partial charge in [0.2, 0.25) is 0 Å². The Morgan fingerprint density at radius 2 is 1.68 bits per heavy atom. The van der Waals surface area contributed by atoms with Gasteiger partial charge in [-0.05, 0) is 30.9 Å². The minimum absolute atomic E-state index is 0.247. The molecule has 0 fully saturated rings. The summed E-state index contributed by atoms with van der Waals surface area (Å²) in [6.45, 7) is 8.51. The minimum atomic E-state index is -3.16. The topological polar surface area (TPSA) is 35.5 Å². The second kappa shape index (κ2) is 7.64. The Kier molecular flexibility index (Phi) is 6.50. The molecular formula is C15H23O3P. The Hall–Kier alpha value is -0.890. The van der Waals surface area contributed by atoms with Crippen LogP contribution in [0.15, 0.2) is 36.1 Å². The minimum Gasteiger partial charge on any atom is -0.306 e. The standard InChI is InChI=1S/C15H23O3P/c1-5-17-19(16,18-6-2)12-15(13(3)4)14-10-8-7-9-11-14/h7-13H,5-6H2,1-4H3/b15-12-. The number of rotatable bonds is 7. The van der Waals surface area contributed by atoms with Crippen molar-refractivity contribution in [2.75, 3.05) is 13.2 Å². The fourth-order valence-electron chi connectivity index (χ4n) is 1.83. The van der Waals surface area contributed by atoms with Crippen LogP contribution in [0.25, 0.3) is 5.57 Å². The van der Waals surface area contributed by atoms with Crippen molar-refractivity contribution in [2.24, 2.45) is 5.92 Å². The molecule has 0 unspecified atom stereocenters. The predicted octanol–water partition coefficient (Wildman–Crippen LogP) is 4.95. The average molecular weight is 282 g/mol. The van der Waals surface area contributed by atoms with E-state index in [-0.39, 0.29) is 5.92 Å². The van der Waals surface area contributed by atoms with Crippen molar-refractivity contribution in [1.82, 2.24) is 0 Å². The van der Waals surface area contributed by atoms with Crippen LogP contribution in [0.5, 0.6) is 0 Å². The van der Waals surface area contributed by atoms with E-state index < -0.39 is 7.60 Å². The van der Waals surface area contributed by atoms with Crippen LogP contribution in [0.1, 0.15) is 33.3 Å². The van der Waals surface area contributed by atoms with Gasteiger partial charge in [-0.3, -0.25) is 4.57 Å². The molecule has 0 aliphatic heterocycles. The van der Waals surface area contributed by atoms with Gasteiger partial charge in [0.05, 0.1) is 13.2 Å². The smallest absolute Gasteiger partial charge is 0.306 e.